The van der Waals surface area contributed by atoms with Gasteiger partial charge < -0.3 is 11.1 Å². The number of nitrogens with one attached hydrogen (secondary N) is 1. The van der Waals surface area contributed by atoms with Gasteiger partial charge in [-0.2, -0.15) is 0 Å². The molecule has 4 aromatic rings. The van der Waals surface area contributed by atoms with Crippen molar-refractivity contribution in [3.8, 4) is 0 Å². The van der Waals surface area contributed by atoms with Crippen LogP contribution in [-0.2, 0) is 6.54 Å². The van der Waals surface area contributed by atoms with Crippen molar-refractivity contribution in [2.45, 2.75) is 6.54 Å². The number of hydrogen-bond donors (Lipinski definition) is 2. The molecule has 7 nitrogen and oxygen atoms in total. The zero-order valence-electron chi connectivity index (χ0n) is 12.7. The maximum Gasteiger partial charge on any atom is 0.271 e. The number of imidazole rings is 1. The Kier molecular flexibility index (Phi) is 3.31. The van der Waals surface area contributed by atoms with E-state index >= 15 is 0 Å². The highest BCUT2D eigenvalue weighted by Gasteiger charge is 2.14. The molecule has 0 unspecified atom stereocenters. The van der Waals surface area contributed by atoms with Crippen molar-refractivity contribution < 1.29 is 4.79 Å². The fourth-order valence-electron chi connectivity index (χ4n) is 2.56. The number of aromatic nitrogens is 4. The molecule has 0 saturated heterocycles. The summed E-state index contributed by atoms with van der Waals surface area (Å²) in [7, 11) is 0. The summed E-state index contributed by atoms with van der Waals surface area (Å²) in [5.41, 5.74) is 9.20. The molecule has 0 saturated carbocycles. The Labute approximate surface area is 137 Å². The number of nitrogens with two attached hydrogens (primary N) is 1. The van der Waals surface area contributed by atoms with Crippen LogP contribution < -0.4 is 11.1 Å². The third kappa shape index (κ3) is 2.41. The Morgan fingerprint density at radius 3 is 2.79 bits per heavy atom. The van der Waals surface area contributed by atoms with Crippen molar-refractivity contribution in [2.24, 2.45) is 0 Å². The lowest BCUT2D eigenvalue weighted by Gasteiger charge is -2.06. The fraction of sp³-hybridized carbons (Fsp3) is 0.0588. The summed E-state index contributed by atoms with van der Waals surface area (Å²) in [5, 5.41) is 2.79. The molecule has 0 fully saturated rings. The van der Waals surface area contributed by atoms with Gasteiger partial charge in [0.15, 0.2) is 11.5 Å². The first-order valence-electron chi connectivity index (χ1n) is 7.44. The van der Waals surface area contributed by atoms with E-state index in [1.54, 1.807) is 16.8 Å². The number of benzene rings is 1. The van der Waals surface area contributed by atoms with Crippen LogP contribution in [-0.4, -0.2) is 25.3 Å². The first-order valence-corrected chi connectivity index (χ1v) is 7.44. The van der Waals surface area contributed by atoms with Crippen LogP contribution in [0.3, 0.4) is 0 Å². The number of para-hydroxylation sites is 2. The molecule has 24 heavy (non-hydrogen) atoms. The van der Waals surface area contributed by atoms with Gasteiger partial charge in [0.25, 0.3) is 5.91 Å². The highest BCUT2D eigenvalue weighted by Crippen LogP contribution is 2.19. The molecule has 0 bridgehead atoms. The van der Waals surface area contributed by atoms with Crippen molar-refractivity contribution in [3.63, 3.8) is 0 Å². The molecule has 0 aliphatic carbocycles. The first kappa shape index (κ1) is 14.1. The highest BCUT2D eigenvalue weighted by molar-refractivity contribution is 5.94. The van der Waals surface area contributed by atoms with Crippen molar-refractivity contribution >= 4 is 28.4 Å². The summed E-state index contributed by atoms with van der Waals surface area (Å²) >= 11 is 0. The number of hydrogen-bond acceptors (Lipinski definition) is 5. The highest BCUT2D eigenvalue weighted by atomic mass is 16.1. The molecule has 0 aliphatic heterocycles. The average Bonchev–Trinajstić information content (AvgIpc) is 3.00. The van der Waals surface area contributed by atoms with E-state index in [1.807, 2.05) is 42.5 Å². The molecular formula is C17H14N6O. The van der Waals surface area contributed by atoms with Crippen LogP contribution in [0.5, 0.6) is 0 Å². The Hall–Kier alpha value is -3.48. The second-order valence-electron chi connectivity index (χ2n) is 5.31. The summed E-state index contributed by atoms with van der Waals surface area (Å²) in [6.07, 6.45) is 3.33. The number of anilines is 1. The van der Waals surface area contributed by atoms with Crippen LogP contribution in [0.25, 0.3) is 16.7 Å². The summed E-state index contributed by atoms with van der Waals surface area (Å²) in [6.45, 7) is 0.323. The molecule has 1 amide bonds. The van der Waals surface area contributed by atoms with Crippen LogP contribution in [0.15, 0.2) is 54.9 Å². The molecule has 7 heteroatoms. The van der Waals surface area contributed by atoms with E-state index in [0.717, 1.165) is 16.7 Å². The van der Waals surface area contributed by atoms with Crippen LogP contribution in [0, 0.1) is 0 Å². The van der Waals surface area contributed by atoms with E-state index in [4.69, 9.17) is 5.73 Å². The lowest BCUT2D eigenvalue weighted by atomic mass is 10.3. The van der Waals surface area contributed by atoms with Gasteiger partial charge in [-0.3, -0.25) is 14.2 Å². The topological polar surface area (TPSA) is 98.2 Å². The number of amides is 1. The number of nitrogens with zero attached hydrogens (tertiary/aromatic N) is 4. The zero-order chi connectivity index (χ0) is 16.5. The maximum atomic E-state index is 12.4. The standard InChI is InChI=1S/C17H14N6O/c18-15-16-22-12-6-1-2-7-14(12)23(16)10-13(21-15)17(24)20-9-11-5-3-4-8-19-11/h1-8,10H,9H2,(H2,18,21)(H,20,24). The molecule has 3 heterocycles. The number of nitrogen functional groups attached to an aromatic ring is 1. The van der Waals surface area contributed by atoms with Crippen molar-refractivity contribution in [2.75, 3.05) is 5.73 Å². The molecule has 1 aromatic carbocycles. The molecule has 0 atom stereocenters. The van der Waals surface area contributed by atoms with Crippen molar-refractivity contribution in [1.82, 2.24) is 24.7 Å². The first-order chi connectivity index (χ1) is 11.7. The number of carbonyl (C=O) groups is 1. The van der Waals surface area contributed by atoms with Crippen molar-refractivity contribution in [3.05, 3.63) is 66.2 Å². The third-order valence-electron chi connectivity index (χ3n) is 3.71. The molecule has 0 spiro atoms. The Balaban J connectivity index is 1.68. The largest absolute Gasteiger partial charge is 0.381 e. The Morgan fingerprint density at radius 1 is 1.12 bits per heavy atom. The summed E-state index contributed by atoms with van der Waals surface area (Å²) < 4.78 is 1.79. The second kappa shape index (κ2) is 5.62. The number of pyridine rings is 1. The van der Waals surface area contributed by atoms with Gasteiger partial charge in [0, 0.05) is 12.4 Å². The van der Waals surface area contributed by atoms with Gasteiger partial charge in [0.05, 0.1) is 23.3 Å². The molecule has 4 rings (SSSR count). The molecule has 0 aliphatic rings. The SMILES string of the molecule is Nc1nc(C(=O)NCc2ccccn2)cn2c1nc1ccccc12. The summed E-state index contributed by atoms with van der Waals surface area (Å²) in [5.74, 6) is -0.0938. The van der Waals surface area contributed by atoms with Crippen LogP contribution in [0.1, 0.15) is 16.2 Å². The van der Waals surface area contributed by atoms with E-state index in [1.165, 1.54) is 0 Å². The van der Waals surface area contributed by atoms with E-state index in [2.05, 4.69) is 20.3 Å². The maximum absolute atomic E-state index is 12.4. The van der Waals surface area contributed by atoms with Crippen molar-refractivity contribution in [1.29, 1.82) is 0 Å². The van der Waals surface area contributed by atoms with Crippen LogP contribution >= 0.6 is 0 Å². The lowest BCUT2D eigenvalue weighted by Crippen LogP contribution is -2.25. The minimum atomic E-state index is -0.313. The van der Waals surface area contributed by atoms with E-state index < -0.39 is 0 Å². The Bertz CT molecular complexity index is 1040. The lowest BCUT2D eigenvalue weighted by molar-refractivity contribution is 0.0945. The van der Waals surface area contributed by atoms with E-state index in [9.17, 15) is 4.79 Å². The molecule has 0 radical (unpaired) electrons. The molecule has 118 valence electrons. The predicted molar refractivity (Wildman–Crippen MR) is 90.3 cm³/mol. The summed E-state index contributed by atoms with van der Waals surface area (Å²) in [4.78, 5) is 25.2. The summed E-state index contributed by atoms with van der Waals surface area (Å²) in [6, 6.07) is 13.2. The Morgan fingerprint density at radius 2 is 1.96 bits per heavy atom. The quantitative estimate of drug-likeness (QED) is 0.600. The normalized spacial score (nSPS) is 11.0. The van der Waals surface area contributed by atoms with E-state index in [0.29, 0.717) is 12.2 Å². The van der Waals surface area contributed by atoms with Gasteiger partial charge in [-0.25, -0.2) is 9.97 Å². The third-order valence-corrected chi connectivity index (χ3v) is 3.71. The monoisotopic (exact) mass is 318 g/mol. The minimum Gasteiger partial charge on any atom is -0.381 e. The predicted octanol–water partition coefficient (Wildman–Crippen LogP) is 1.79. The molecular weight excluding hydrogens is 304 g/mol. The number of rotatable bonds is 3. The van der Waals surface area contributed by atoms with Gasteiger partial charge in [-0.05, 0) is 24.3 Å². The van der Waals surface area contributed by atoms with Gasteiger partial charge in [0.1, 0.15) is 5.69 Å². The molecule has 3 aromatic heterocycles. The second-order valence-corrected chi connectivity index (χ2v) is 5.31. The van der Waals surface area contributed by atoms with Crippen LogP contribution in [0.4, 0.5) is 5.82 Å². The van der Waals surface area contributed by atoms with Crippen LogP contribution in [0.2, 0.25) is 0 Å². The van der Waals surface area contributed by atoms with E-state index in [-0.39, 0.29) is 17.4 Å². The van der Waals surface area contributed by atoms with Gasteiger partial charge in [-0.15, -0.1) is 0 Å². The van der Waals surface area contributed by atoms with Gasteiger partial charge in [0.2, 0.25) is 0 Å². The van der Waals surface area contributed by atoms with Gasteiger partial charge in [-0.1, -0.05) is 18.2 Å². The van der Waals surface area contributed by atoms with Gasteiger partial charge >= 0.3 is 0 Å². The number of fused-ring (bicyclic) bond motifs is 3. The smallest absolute Gasteiger partial charge is 0.271 e. The molecule has 3 N–H and O–H groups in total. The average molecular weight is 318 g/mol. The minimum absolute atomic E-state index is 0.219. The zero-order valence-corrected chi connectivity index (χ0v) is 12.7. The fourth-order valence-corrected chi connectivity index (χ4v) is 2.56. The number of carbonyl (C=O) groups excluding carboxylic acids is 1.